The largest absolute Gasteiger partial charge is 0.497 e. The van der Waals surface area contributed by atoms with Gasteiger partial charge in [-0.3, -0.25) is 4.79 Å². The summed E-state index contributed by atoms with van der Waals surface area (Å²) in [6, 6.07) is 7.19. The minimum Gasteiger partial charge on any atom is -0.497 e. The summed E-state index contributed by atoms with van der Waals surface area (Å²) in [5, 5.41) is 12.6. The lowest BCUT2D eigenvalue weighted by Gasteiger charge is -2.01. The van der Waals surface area contributed by atoms with Gasteiger partial charge in [-0.1, -0.05) is 5.16 Å². The lowest BCUT2D eigenvalue weighted by molar-refractivity contribution is -0.136. The van der Waals surface area contributed by atoms with Crippen molar-refractivity contribution in [2.24, 2.45) is 0 Å². The monoisotopic (exact) mass is 233 g/mol. The molecule has 1 heterocycles. The highest BCUT2D eigenvalue weighted by Crippen LogP contribution is 2.24. The maximum atomic E-state index is 10.7. The van der Waals surface area contributed by atoms with Crippen LogP contribution in [0.25, 0.3) is 11.3 Å². The van der Waals surface area contributed by atoms with Crippen LogP contribution in [0.5, 0.6) is 5.75 Å². The van der Waals surface area contributed by atoms with Gasteiger partial charge < -0.3 is 14.4 Å². The molecule has 5 nitrogen and oxygen atoms in total. The Balaban J connectivity index is 2.32. The molecular formula is C12H11NO4. The summed E-state index contributed by atoms with van der Waals surface area (Å²) < 4.78 is 9.86. The van der Waals surface area contributed by atoms with E-state index in [1.165, 1.54) is 6.26 Å². The van der Waals surface area contributed by atoms with Crippen LogP contribution in [0, 0.1) is 0 Å². The number of carbonyl (C=O) groups is 1. The van der Waals surface area contributed by atoms with Crippen molar-refractivity contribution in [1.82, 2.24) is 5.16 Å². The van der Waals surface area contributed by atoms with Gasteiger partial charge in [0, 0.05) is 11.1 Å². The van der Waals surface area contributed by atoms with Crippen LogP contribution in [0.2, 0.25) is 0 Å². The van der Waals surface area contributed by atoms with Gasteiger partial charge in [-0.15, -0.1) is 0 Å². The summed E-state index contributed by atoms with van der Waals surface area (Å²) in [6.45, 7) is 0. The van der Waals surface area contributed by atoms with Gasteiger partial charge in [0.05, 0.1) is 13.5 Å². The second kappa shape index (κ2) is 4.69. The number of carboxylic acid groups (broad SMARTS) is 1. The van der Waals surface area contributed by atoms with Gasteiger partial charge in [-0.05, 0) is 24.3 Å². The molecule has 0 spiro atoms. The van der Waals surface area contributed by atoms with Crippen molar-refractivity contribution in [2.75, 3.05) is 7.11 Å². The minimum atomic E-state index is -0.914. The van der Waals surface area contributed by atoms with E-state index < -0.39 is 5.97 Å². The fourth-order valence-electron chi connectivity index (χ4n) is 1.53. The second-order valence-corrected chi connectivity index (χ2v) is 3.49. The number of rotatable bonds is 4. The summed E-state index contributed by atoms with van der Waals surface area (Å²) >= 11 is 0. The predicted molar refractivity (Wildman–Crippen MR) is 59.8 cm³/mol. The van der Waals surface area contributed by atoms with Crippen LogP contribution in [0.4, 0.5) is 0 Å². The fraction of sp³-hybridized carbons (Fsp3) is 0.167. The maximum Gasteiger partial charge on any atom is 0.308 e. The van der Waals surface area contributed by atoms with Gasteiger partial charge in [-0.25, -0.2) is 0 Å². The van der Waals surface area contributed by atoms with Crippen molar-refractivity contribution in [3.63, 3.8) is 0 Å². The normalized spacial score (nSPS) is 10.2. The molecule has 0 unspecified atom stereocenters. The van der Waals surface area contributed by atoms with Gasteiger partial charge >= 0.3 is 5.97 Å². The molecule has 0 bridgehead atoms. The Morgan fingerprint density at radius 2 is 2.12 bits per heavy atom. The Hall–Kier alpha value is -2.30. The lowest BCUT2D eigenvalue weighted by atomic mass is 10.1. The first-order chi connectivity index (χ1) is 8.20. The number of aliphatic carboxylic acids is 1. The zero-order valence-corrected chi connectivity index (χ0v) is 9.21. The van der Waals surface area contributed by atoms with E-state index in [4.69, 9.17) is 14.4 Å². The SMILES string of the molecule is COc1ccc(-c2nocc2CC(=O)O)cc1. The highest BCUT2D eigenvalue weighted by molar-refractivity contribution is 5.74. The van der Waals surface area contributed by atoms with Crippen LogP contribution in [-0.2, 0) is 11.2 Å². The Morgan fingerprint density at radius 1 is 1.41 bits per heavy atom. The van der Waals surface area contributed by atoms with Crippen LogP contribution in [0.3, 0.4) is 0 Å². The van der Waals surface area contributed by atoms with Crippen molar-refractivity contribution in [3.05, 3.63) is 36.1 Å². The number of nitrogens with zero attached hydrogens (tertiary/aromatic N) is 1. The topological polar surface area (TPSA) is 72.6 Å². The molecule has 17 heavy (non-hydrogen) atoms. The Labute approximate surface area is 97.6 Å². The average Bonchev–Trinajstić information content (AvgIpc) is 2.76. The first kappa shape index (κ1) is 11.2. The molecule has 0 radical (unpaired) electrons. The lowest BCUT2D eigenvalue weighted by Crippen LogP contribution is -2.00. The highest BCUT2D eigenvalue weighted by Gasteiger charge is 2.13. The number of hydrogen-bond donors (Lipinski definition) is 1. The molecule has 0 saturated heterocycles. The van der Waals surface area contributed by atoms with Gasteiger partial charge in [0.15, 0.2) is 0 Å². The molecule has 0 amide bonds. The molecule has 5 heteroatoms. The fourth-order valence-corrected chi connectivity index (χ4v) is 1.53. The quantitative estimate of drug-likeness (QED) is 0.874. The first-order valence-electron chi connectivity index (χ1n) is 5.00. The third-order valence-corrected chi connectivity index (χ3v) is 2.35. The smallest absolute Gasteiger partial charge is 0.308 e. The summed E-state index contributed by atoms with van der Waals surface area (Å²) in [5.74, 6) is -0.181. The maximum absolute atomic E-state index is 10.7. The van der Waals surface area contributed by atoms with Gasteiger partial charge in [-0.2, -0.15) is 0 Å². The van der Waals surface area contributed by atoms with Crippen LogP contribution in [-0.4, -0.2) is 23.3 Å². The number of benzene rings is 1. The van der Waals surface area contributed by atoms with Crippen molar-refractivity contribution in [1.29, 1.82) is 0 Å². The van der Waals surface area contributed by atoms with Gasteiger partial charge in [0.25, 0.3) is 0 Å². The Morgan fingerprint density at radius 3 is 2.71 bits per heavy atom. The van der Waals surface area contributed by atoms with Gasteiger partial charge in [0.1, 0.15) is 17.7 Å². The van der Waals surface area contributed by atoms with Crippen LogP contribution < -0.4 is 4.74 Å². The van der Waals surface area contributed by atoms with Crippen LogP contribution in [0.15, 0.2) is 35.1 Å². The Bertz CT molecular complexity index is 516. The van der Waals surface area contributed by atoms with Crippen molar-refractivity contribution < 1.29 is 19.2 Å². The van der Waals surface area contributed by atoms with Crippen molar-refractivity contribution in [3.8, 4) is 17.0 Å². The zero-order valence-electron chi connectivity index (χ0n) is 9.21. The van der Waals surface area contributed by atoms with E-state index in [2.05, 4.69) is 5.16 Å². The number of carboxylic acids is 1. The Kier molecular flexibility index (Phi) is 3.09. The number of ether oxygens (including phenoxy) is 1. The van der Waals surface area contributed by atoms with E-state index >= 15 is 0 Å². The first-order valence-corrected chi connectivity index (χ1v) is 5.00. The molecule has 2 aromatic rings. The summed E-state index contributed by atoms with van der Waals surface area (Å²) in [6.07, 6.45) is 1.25. The summed E-state index contributed by atoms with van der Waals surface area (Å²) in [4.78, 5) is 10.7. The molecule has 0 aliphatic rings. The molecule has 0 aliphatic carbocycles. The third-order valence-electron chi connectivity index (χ3n) is 2.35. The third kappa shape index (κ3) is 2.44. The average molecular weight is 233 g/mol. The standard InChI is InChI=1S/C12H11NO4/c1-16-10-4-2-8(3-5-10)12-9(6-11(14)15)7-17-13-12/h2-5,7H,6H2,1H3,(H,14,15). The molecule has 0 atom stereocenters. The second-order valence-electron chi connectivity index (χ2n) is 3.49. The van der Waals surface area contributed by atoms with Crippen molar-refractivity contribution >= 4 is 5.97 Å². The molecule has 1 N–H and O–H groups in total. The van der Waals surface area contributed by atoms with E-state index in [0.29, 0.717) is 11.3 Å². The van der Waals surface area contributed by atoms with E-state index in [1.54, 1.807) is 19.2 Å². The zero-order chi connectivity index (χ0) is 12.3. The summed E-state index contributed by atoms with van der Waals surface area (Å²) in [5.41, 5.74) is 1.91. The molecule has 0 saturated carbocycles. The van der Waals surface area contributed by atoms with Gasteiger partial charge in [0.2, 0.25) is 0 Å². The molecule has 0 fully saturated rings. The predicted octanol–water partition coefficient (Wildman–Crippen LogP) is 1.98. The molecular weight excluding hydrogens is 222 g/mol. The molecule has 1 aromatic heterocycles. The van der Waals surface area contributed by atoms with E-state index in [9.17, 15) is 4.79 Å². The van der Waals surface area contributed by atoms with E-state index in [-0.39, 0.29) is 6.42 Å². The number of aromatic nitrogens is 1. The van der Waals surface area contributed by atoms with E-state index in [1.807, 2.05) is 12.1 Å². The van der Waals surface area contributed by atoms with Crippen molar-refractivity contribution in [2.45, 2.75) is 6.42 Å². The highest BCUT2D eigenvalue weighted by atomic mass is 16.5. The molecule has 2 rings (SSSR count). The molecule has 1 aromatic carbocycles. The summed E-state index contributed by atoms with van der Waals surface area (Å²) in [7, 11) is 1.58. The van der Waals surface area contributed by atoms with Crippen LogP contribution in [0.1, 0.15) is 5.56 Å². The number of methoxy groups -OCH3 is 1. The van der Waals surface area contributed by atoms with Crippen LogP contribution >= 0.6 is 0 Å². The molecule has 88 valence electrons. The number of hydrogen-bond acceptors (Lipinski definition) is 4. The minimum absolute atomic E-state index is 0.106. The van der Waals surface area contributed by atoms with E-state index in [0.717, 1.165) is 11.3 Å². The molecule has 0 aliphatic heterocycles.